The Morgan fingerprint density at radius 1 is 1.15 bits per heavy atom. The molecule has 0 fully saturated rings. The van der Waals surface area contributed by atoms with Crippen LogP contribution in [0, 0.1) is 17.3 Å². The van der Waals surface area contributed by atoms with E-state index in [0.717, 1.165) is 18.5 Å². The van der Waals surface area contributed by atoms with Gasteiger partial charge in [0, 0.05) is 23.2 Å². The molecule has 0 saturated carbocycles. The van der Waals surface area contributed by atoms with Crippen molar-refractivity contribution >= 4 is 21.9 Å². The van der Waals surface area contributed by atoms with E-state index in [1.807, 2.05) is 0 Å². The van der Waals surface area contributed by atoms with Gasteiger partial charge >= 0.3 is 0 Å². The van der Waals surface area contributed by atoms with Gasteiger partial charge in [-0.15, -0.1) is 9.24 Å². The smallest absolute Gasteiger partial charge is 0.0610 e. The van der Waals surface area contributed by atoms with E-state index in [-0.39, 0.29) is 22.0 Å². The summed E-state index contributed by atoms with van der Waals surface area (Å²) in [6.07, 6.45) is 2.16. The van der Waals surface area contributed by atoms with E-state index >= 15 is 0 Å². The van der Waals surface area contributed by atoms with Crippen molar-refractivity contribution in [1.82, 2.24) is 10.2 Å². The van der Waals surface area contributed by atoms with Gasteiger partial charge in [0.1, 0.15) is 0 Å². The predicted molar refractivity (Wildman–Crippen MR) is 132 cm³/mol. The maximum absolute atomic E-state index is 4.60. The van der Waals surface area contributed by atoms with E-state index in [1.54, 1.807) is 0 Å². The normalized spacial score (nSPS) is 17.4. The van der Waals surface area contributed by atoms with E-state index in [4.69, 9.17) is 0 Å². The number of nitrogens with zero attached hydrogens (tertiary/aromatic N) is 1. The summed E-state index contributed by atoms with van der Waals surface area (Å²) in [6, 6.07) is 0.367. The molecule has 1 N–H and O–H groups in total. The standard InChI is InChI=1S/C23H47N2PS/c1-13-21(7,8)20(23(11,26)14-22(9,10)24-12)19(16(2)3)18(6)25(15-27)17(4)5/h17,19-20,24,27H,2,6,13-15,26H2,1,3-5,7-12H3. The van der Waals surface area contributed by atoms with Crippen molar-refractivity contribution in [3.63, 3.8) is 0 Å². The SMILES string of the molecule is C=C(C)C(C(=C)N(CS)C(C)C)C(C(C)(C)CC)C(C)(P)CC(C)(C)NC. The van der Waals surface area contributed by atoms with Gasteiger partial charge in [0.05, 0.1) is 5.88 Å². The molecule has 0 amide bonds. The van der Waals surface area contributed by atoms with E-state index in [2.05, 4.69) is 115 Å². The first-order valence-corrected chi connectivity index (χ1v) is 11.5. The lowest BCUT2D eigenvalue weighted by atomic mass is 9.60. The summed E-state index contributed by atoms with van der Waals surface area (Å²) in [5, 5.41) is 3.52. The maximum Gasteiger partial charge on any atom is 0.0610 e. The molecule has 27 heavy (non-hydrogen) atoms. The molecule has 4 heteroatoms. The quantitative estimate of drug-likeness (QED) is 0.167. The largest absolute Gasteiger partial charge is 0.363 e. The zero-order valence-electron chi connectivity index (χ0n) is 19.7. The minimum absolute atomic E-state index is 0.0256. The molecule has 0 aromatic carbocycles. The maximum atomic E-state index is 4.60. The molecule has 0 bridgehead atoms. The highest BCUT2D eigenvalue weighted by atomic mass is 32.1. The highest BCUT2D eigenvalue weighted by molar-refractivity contribution is 7.80. The van der Waals surface area contributed by atoms with Crippen molar-refractivity contribution in [3.05, 3.63) is 24.4 Å². The molecule has 0 saturated heterocycles. The Kier molecular flexibility index (Phi) is 10.2. The Balaban J connectivity index is 6.39. The fourth-order valence-electron chi connectivity index (χ4n) is 4.62. The minimum Gasteiger partial charge on any atom is -0.363 e. The molecule has 0 aliphatic rings. The zero-order valence-corrected chi connectivity index (χ0v) is 21.8. The van der Waals surface area contributed by atoms with Crippen LogP contribution in [0.2, 0.25) is 0 Å². The van der Waals surface area contributed by atoms with Crippen molar-refractivity contribution in [2.75, 3.05) is 12.9 Å². The first-order valence-electron chi connectivity index (χ1n) is 10.3. The highest BCUT2D eigenvalue weighted by Crippen LogP contribution is 2.53. The minimum atomic E-state index is 0.0256. The van der Waals surface area contributed by atoms with Crippen LogP contribution >= 0.6 is 21.9 Å². The number of nitrogens with one attached hydrogen (secondary N) is 1. The third-order valence-corrected chi connectivity index (χ3v) is 7.20. The number of thiol groups is 1. The molecule has 0 heterocycles. The van der Waals surface area contributed by atoms with Gasteiger partial charge in [0.2, 0.25) is 0 Å². The Hall–Kier alpha value is 0.0200. The summed E-state index contributed by atoms with van der Waals surface area (Å²) in [5.74, 6) is 1.28. The molecule has 0 spiro atoms. The van der Waals surface area contributed by atoms with Crippen LogP contribution in [-0.4, -0.2) is 34.6 Å². The lowest BCUT2D eigenvalue weighted by molar-refractivity contribution is 0.0922. The Morgan fingerprint density at radius 2 is 1.63 bits per heavy atom. The van der Waals surface area contributed by atoms with Crippen LogP contribution in [0.1, 0.15) is 75.2 Å². The van der Waals surface area contributed by atoms with Gasteiger partial charge in [-0.25, -0.2) is 0 Å². The lowest BCUT2D eigenvalue weighted by Crippen LogP contribution is -2.52. The van der Waals surface area contributed by atoms with Crippen LogP contribution in [0.15, 0.2) is 24.4 Å². The Bertz CT molecular complexity index is 509. The second-order valence-electron chi connectivity index (χ2n) is 10.2. The lowest BCUT2D eigenvalue weighted by Gasteiger charge is -2.52. The average Bonchev–Trinajstić information content (AvgIpc) is 2.50. The summed E-state index contributed by atoms with van der Waals surface area (Å²) >= 11 is 4.60. The molecule has 0 rings (SSSR count). The summed E-state index contributed by atoms with van der Waals surface area (Å²) < 4.78 is 0. The van der Waals surface area contributed by atoms with Gasteiger partial charge in [-0.1, -0.05) is 52.8 Å². The first-order chi connectivity index (χ1) is 12.1. The van der Waals surface area contributed by atoms with Crippen LogP contribution in [0.3, 0.4) is 0 Å². The summed E-state index contributed by atoms with van der Waals surface area (Å²) in [5.41, 5.74) is 2.54. The topological polar surface area (TPSA) is 15.3 Å². The van der Waals surface area contributed by atoms with Crippen molar-refractivity contribution in [3.8, 4) is 0 Å². The summed E-state index contributed by atoms with van der Waals surface area (Å²) in [6.45, 7) is 29.6. The van der Waals surface area contributed by atoms with Gasteiger partial charge in [-0.2, -0.15) is 12.6 Å². The van der Waals surface area contributed by atoms with Gasteiger partial charge < -0.3 is 10.2 Å². The fraction of sp³-hybridized carbons (Fsp3) is 0.826. The van der Waals surface area contributed by atoms with Crippen LogP contribution in [0.5, 0.6) is 0 Å². The predicted octanol–water partition coefficient (Wildman–Crippen LogP) is 6.36. The van der Waals surface area contributed by atoms with Crippen LogP contribution in [0.25, 0.3) is 0 Å². The summed E-state index contributed by atoms with van der Waals surface area (Å²) in [7, 11) is 5.26. The van der Waals surface area contributed by atoms with Gasteiger partial charge in [-0.3, -0.25) is 0 Å². The third-order valence-electron chi connectivity index (χ3n) is 6.33. The molecule has 0 aromatic heterocycles. The Labute approximate surface area is 178 Å². The van der Waals surface area contributed by atoms with Crippen LogP contribution in [0.4, 0.5) is 0 Å². The van der Waals surface area contributed by atoms with Gasteiger partial charge in [0.15, 0.2) is 0 Å². The summed E-state index contributed by atoms with van der Waals surface area (Å²) in [4.78, 5) is 2.31. The van der Waals surface area contributed by atoms with Crippen molar-refractivity contribution in [2.24, 2.45) is 17.3 Å². The van der Waals surface area contributed by atoms with E-state index < -0.39 is 0 Å². The van der Waals surface area contributed by atoms with E-state index in [0.29, 0.717) is 17.8 Å². The molecule has 0 aliphatic carbocycles. The van der Waals surface area contributed by atoms with Crippen molar-refractivity contribution < 1.29 is 0 Å². The third kappa shape index (κ3) is 7.09. The Morgan fingerprint density at radius 3 is 1.93 bits per heavy atom. The number of hydrogen-bond donors (Lipinski definition) is 2. The average molecular weight is 415 g/mol. The monoisotopic (exact) mass is 414 g/mol. The number of hydrogen-bond acceptors (Lipinski definition) is 3. The molecule has 0 radical (unpaired) electrons. The zero-order chi connectivity index (χ0) is 21.8. The highest BCUT2D eigenvalue weighted by Gasteiger charge is 2.48. The molecule has 0 aliphatic heterocycles. The second kappa shape index (κ2) is 10.2. The van der Waals surface area contributed by atoms with Crippen molar-refractivity contribution in [2.45, 2.75) is 91.9 Å². The second-order valence-corrected chi connectivity index (χ2v) is 11.8. The van der Waals surface area contributed by atoms with Gasteiger partial charge in [0.25, 0.3) is 0 Å². The molecule has 4 atom stereocenters. The van der Waals surface area contributed by atoms with Crippen molar-refractivity contribution in [1.29, 1.82) is 0 Å². The van der Waals surface area contributed by atoms with Crippen LogP contribution in [-0.2, 0) is 0 Å². The van der Waals surface area contributed by atoms with E-state index in [1.165, 1.54) is 5.57 Å². The van der Waals surface area contributed by atoms with Crippen LogP contribution < -0.4 is 5.32 Å². The van der Waals surface area contributed by atoms with E-state index in [9.17, 15) is 0 Å². The molecule has 2 nitrogen and oxygen atoms in total. The molecular weight excluding hydrogens is 367 g/mol. The fourth-order valence-corrected chi connectivity index (χ4v) is 6.28. The van der Waals surface area contributed by atoms with Gasteiger partial charge in [-0.05, 0) is 64.6 Å². The molecule has 4 unspecified atom stereocenters. The first kappa shape index (κ1) is 27.0. The number of rotatable bonds is 12. The molecular formula is C23H47N2PS. The molecule has 160 valence electrons. The molecule has 0 aromatic rings. The number of allylic oxidation sites excluding steroid dienone is 1.